The number of carbonyl (C=O) groups is 1. The minimum atomic E-state index is -4.08. The summed E-state index contributed by atoms with van der Waals surface area (Å²) in [5, 5.41) is 3.89. The molecule has 154 valence electrons. The first-order valence-corrected chi connectivity index (χ1v) is 11.4. The number of fused-ring (bicyclic) bond motifs is 1. The van der Waals surface area contributed by atoms with Crippen LogP contribution in [-0.4, -0.2) is 31.4 Å². The predicted octanol–water partition coefficient (Wildman–Crippen LogP) is 3.53. The number of hydrogen-bond donors (Lipinski definition) is 2. The van der Waals surface area contributed by atoms with Crippen LogP contribution < -0.4 is 10.6 Å². The summed E-state index contributed by atoms with van der Waals surface area (Å²) in [6, 6.07) is 13.6. The Bertz CT molecular complexity index is 1000. The van der Waals surface area contributed by atoms with E-state index >= 15 is 4.39 Å². The Morgan fingerprint density at radius 2 is 1.86 bits per heavy atom. The number of nitrogens with one attached hydrogen (secondary N) is 2. The summed E-state index contributed by atoms with van der Waals surface area (Å²) >= 11 is 0. The van der Waals surface area contributed by atoms with Crippen LogP contribution in [-0.2, 0) is 21.1 Å². The normalized spacial score (nSPS) is 26.4. The largest absolute Gasteiger partial charge is 0.373 e. The van der Waals surface area contributed by atoms with Crippen LogP contribution >= 0.6 is 0 Å². The van der Waals surface area contributed by atoms with Gasteiger partial charge < -0.3 is 10.6 Å². The van der Waals surface area contributed by atoms with Crippen LogP contribution in [0.4, 0.5) is 10.1 Å². The van der Waals surface area contributed by atoms with Gasteiger partial charge in [0.2, 0.25) is 20.7 Å². The number of amides is 1. The molecule has 2 N–H and O–H groups in total. The van der Waals surface area contributed by atoms with Crippen LogP contribution in [0.25, 0.3) is 0 Å². The van der Waals surface area contributed by atoms with Crippen LogP contribution in [0.1, 0.15) is 36.8 Å². The lowest BCUT2D eigenvalue weighted by Gasteiger charge is -2.34. The topological polar surface area (TPSA) is 75.3 Å². The van der Waals surface area contributed by atoms with E-state index in [0.29, 0.717) is 19.3 Å². The lowest BCUT2D eigenvalue weighted by molar-refractivity contribution is -0.122. The molecule has 1 unspecified atom stereocenters. The molecule has 1 atom stereocenters. The second-order valence-electron chi connectivity index (χ2n) is 8.04. The van der Waals surface area contributed by atoms with Crippen LogP contribution in [0.15, 0.2) is 53.4 Å². The minimum absolute atomic E-state index is 0.0235. The summed E-state index contributed by atoms with van der Waals surface area (Å²) in [7, 11) is -4.08. The zero-order valence-electron chi connectivity index (χ0n) is 16.3. The molecule has 1 amide bonds. The highest BCUT2D eigenvalue weighted by Gasteiger charge is 2.48. The van der Waals surface area contributed by atoms with Gasteiger partial charge in [-0.05, 0) is 61.9 Å². The minimum Gasteiger partial charge on any atom is -0.373 e. The molecule has 1 saturated carbocycles. The van der Waals surface area contributed by atoms with Gasteiger partial charge in [0.25, 0.3) is 0 Å². The summed E-state index contributed by atoms with van der Waals surface area (Å²) in [5.41, 5.74) is 2.84. The highest BCUT2D eigenvalue weighted by Crippen LogP contribution is 2.40. The fourth-order valence-corrected chi connectivity index (χ4v) is 6.01. The van der Waals surface area contributed by atoms with Crippen molar-refractivity contribution in [2.24, 2.45) is 0 Å². The summed E-state index contributed by atoms with van der Waals surface area (Å²) < 4.78 is 41.2. The Kier molecular flexibility index (Phi) is 5.11. The summed E-state index contributed by atoms with van der Waals surface area (Å²) in [6.45, 7) is 1.78. The van der Waals surface area contributed by atoms with Crippen LogP contribution in [0.3, 0.4) is 0 Å². The molecule has 5 nitrogen and oxygen atoms in total. The average molecular weight is 417 g/mol. The highest BCUT2D eigenvalue weighted by molar-refractivity contribution is 7.92. The predicted molar refractivity (Wildman–Crippen MR) is 110 cm³/mol. The molecule has 29 heavy (non-hydrogen) atoms. The van der Waals surface area contributed by atoms with Crippen molar-refractivity contribution in [1.29, 1.82) is 0 Å². The van der Waals surface area contributed by atoms with Crippen LogP contribution in [0, 0.1) is 6.92 Å². The van der Waals surface area contributed by atoms with Gasteiger partial charge >= 0.3 is 0 Å². The third-order valence-electron chi connectivity index (χ3n) is 5.95. The Labute approximate surface area is 170 Å². The van der Waals surface area contributed by atoms with Gasteiger partial charge in [0.1, 0.15) is 6.04 Å². The van der Waals surface area contributed by atoms with Gasteiger partial charge in [-0.3, -0.25) is 4.79 Å². The Morgan fingerprint density at radius 3 is 2.55 bits per heavy atom. The Balaban J connectivity index is 1.37. The molecule has 0 bridgehead atoms. The van der Waals surface area contributed by atoms with Crippen molar-refractivity contribution >= 4 is 21.4 Å². The van der Waals surface area contributed by atoms with E-state index in [0.717, 1.165) is 16.8 Å². The monoisotopic (exact) mass is 416 g/mol. The van der Waals surface area contributed by atoms with Gasteiger partial charge in [0.05, 0.1) is 4.90 Å². The molecule has 1 heterocycles. The van der Waals surface area contributed by atoms with E-state index in [-0.39, 0.29) is 35.7 Å². The third kappa shape index (κ3) is 3.75. The molecule has 4 rings (SSSR count). The highest BCUT2D eigenvalue weighted by atomic mass is 32.2. The Morgan fingerprint density at radius 1 is 1.14 bits per heavy atom. The lowest BCUT2D eigenvalue weighted by atomic mass is 9.93. The number of aryl methyl sites for hydroxylation is 1. The molecule has 7 heteroatoms. The van der Waals surface area contributed by atoms with Crippen molar-refractivity contribution in [1.82, 2.24) is 5.32 Å². The van der Waals surface area contributed by atoms with Crippen molar-refractivity contribution in [3.05, 3.63) is 59.7 Å². The van der Waals surface area contributed by atoms with E-state index in [9.17, 15) is 13.2 Å². The zero-order valence-corrected chi connectivity index (χ0v) is 17.1. The molecule has 0 spiro atoms. The summed E-state index contributed by atoms with van der Waals surface area (Å²) in [5.74, 6) is -0.126. The van der Waals surface area contributed by atoms with Crippen molar-refractivity contribution in [3.8, 4) is 0 Å². The fraction of sp³-hybridized carbons (Fsp3) is 0.409. The van der Waals surface area contributed by atoms with E-state index in [1.54, 1.807) is 19.1 Å². The summed E-state index contributed by atoms with van der Waals surface area (Å²) in [6.07, 6.45) is 0.975. The molecule has 1 fully saturated rings. The molecular weight excluding hydrogens is 391 g/mol. The van der Waals surface area contributed by atoms with Gasteiger partial charge in [-0.15, -0.1) is 0 Å². The molecule has 0 aromatic heterocycles. The van der Waals surface area contributed by atoms with E-state index in [2.05, 4.69) is 10.6 Å². The number of anilines is 1. The van der Waals surface area contributed by atoms with Gasteiger partial charge in [0.15, 0.2) is 0 Å². The van der Waals surface area contributed by atoms with Gasteiger partial charge in [-0.2, -0.15) is 0 Å². The second-order valence-corrected chi connectivity index (χ2v) is 10.3. The number of para-hydroxylation sites is 1. The molecule has 2 aromatic rings. The molecule has 2 aliphatic rings. The number of carbonyl (C=O) groups excluding carboxylic acids is 1. The standard InChI is InChI=1S/C22H25FN2O3S/c1-15-5-4-7-18(13-15)29(27,28)22(23)11-9-17(10-12-22)24-21(26)20-14-16-6-2-3-8-19(16)25-20/h2-8,13,17,20,25H,9-12,14H2,1H3,(H,24,26). The first kappa shape index (κ1) is 19.9. The fourth-order valence-electron chi connectivity index (χ4n) is 4.21. The molecule has 0 saturated heterocycles. The molecule has 1 aliphatic carbocycles. The van der Waals surface area contributed by atoms with Crippen molar-refractivity contribution < 1.29 is 17.6 Å². The maximum atomic E-state index is 15.4. The maximum Gasteiger partial charge on any atom is 0.243 e. The van der Waals surface area contributed by atoms with Gasteiger partial charge in [-0.25, -0.2) is 12.8 Å². The smallest absolute Gasteiger partial charge is 0.243 e. The van der Waals surface area contributed by atoms with Crippen LogP contribution in [0.2, 0.25) is 0 Å². The third-order valence-corrected chi connectivity index (χ3v) is 8.19. The average Bonchev–Trinajstić information content (AvgIpc) is 3.14. The first-order valence-electron chi connectivity index (χ1n) is 9.93. The Hall–Kier alpha value is -2.41. The lowest BCUT2D eigenvalue weighted by Crippen LogP contribution is -2.48. The number of sulfone groups is 1. The number of rotatable bonds is 4. The van der Waals surface area contributed by atoms with Crippen molar-refractivity contribution in [2.75, 3.05) is 5.32 Å². The second kappa shape index (κ2) is 7.44. The number of halogens is 1. The van der Waals surface area contributed by atoms with Gasteiger partial charge in [0, 0.05) is 18.2 Å². The number of alkyl halides is 1. The van der Waals surface area contributed by atoms with Gasteiger partial charge in [-0.1, -0.05) is 30.3 Å². The SMILES string of the molecule is Cc1cccc(S(=O)(=O)C2(F)CCC(NC(=O)C3Cc4ccccc4N3)CC2)c1. The first-order chi connectivity index (χ1) is 13.8. The maximum absolute atomic E-state index is 15.4. The zero-order chi connectivity index (χ0) is 20.6. The van der Waals surface area contributed by atoms with Crippen LogP contribution in [0.5, 0.6) is 0 Å². The summed E-state index contributed by atoms with van der Waals surface area (Å²) in [4.78, 5) is 12.6. The van der Waals surface area contributed by atoms with E-state index < -0.39 is 14.8 Å². The van der Waals surface area contributed by atoms with E-state index in [4.69, 9.17) is 0 Å². The van der Waals surface area contributed by atoms with E-state index in [1.165, 1.54) is 12.1 Å². The van der Waals surface area contributed by atoms with Crippen molar-refractivity contribution in [2.45, 2.75) is 61.0 Å². The van der Waals surface area contributed by atoms with Crippen molar-refractivity contribution in [3.63, 3.8) is 0 Å². The molecular formula is C22H25FN2O3S. The quantitative estimate of drug-likeness (QED) is 0.800. The molecule has 0 radical (unpaired) electrons. The molecule has 2 aromatic carbocycles. The number of benzene rings is 2. The molecule has 1 aliphatic heterocycles. The number of hydrogen-bond acceptors (Lipinski definition) is 4. The van der Waals surface area contributed by atoms with E-state index in [1.807, 2.05) is 24.3 Å².